The monoisotopic (exact) mass is 270 g/mol. The van der Waals surface area contributed by atoms with Gasteiger partial charge >= 0.3 is 0 Å². The van der Waals surface area contributed by atoms with Crippen LogP contribution in [-0.4, -0.2) is 19.0 Å². The van der Waals surface area contributed by atoms with E-state index in [0.29, 0.717) is 5.92 Å². The Labute approximate surface area is 98.7 Å². The Morgan fingerprint density at radius 1 is 1.53 bits per heavy atom. The van der Waals surface area contributed by atoms with E-state index in [1.807, 2.05) is 12.1 Å². The van der Waals surface area contributed by atoms with E-state index < -0.39 is 0 Å². The highest BCUT2D eigenvalue weighted by molar-refractivity contribution is 9.09. The van der Waals surface area contributed by atoms with Gasteiger partial charge in [0.15, 0.2) is 0 Å². The van der Waals surface area contributed by atoms with Crippen LogP contribution >= 0.6 is 15.9 Å². The Kier molecular flexibility index (Phi) is 3.52. The fourth-order valence-electron chi connectivity index (χ4n) is 2.00. The van der Waals surface area contributed by atoms with Crippen LogP contribution in [0.25, 0.3) is 0 Å². The second-order valence-electron chi connectivity index (χ2n) is 3.72. The lowest BCUT2D eigenvalue weighted by atomic mass is 9.91. The predicted molar refractivity (Wildman–Crippen MR) is 64.3 cm³/mol. The molecule has 15 heavy (non-hydrogen) atoms. The summed E-state index contributed by atoms with van der Waals surface area (Å²) in [6, 6.07) is 6.06. The van der Waals surface area contributed by atoms with Gasteiger partial charge in [-0.3, -0.25) is 0 Å². The van der Waals surface area contributed by atoms with Crippen LogP contribution in [0.15, 0.2) is 18.2 Å². The van der Waals surface area contributed by atoms with Crippen molar-refractivity contribution in [3.8, 4) is 11.5 Å². The first-order valence-electron chi connectivity index (χ1n) is 5.22. The van der Waals surface area contributed by atoms with Gasteiger partial charge in [0.2, 0.25) is 0 Å². The molecule has 2 nitrogen and oxygen atoms in total. The molecule has 1 atom stereocenters. The molecule has 0 amide bonds. The van der Waals surface area contributed by atoms with Crippen molar-refractivity contribution < 1.29 is 9.47 Å². The van der Waals surface area contributed by atoms with Crippen LogP contribution in [0.5, 0.6) is 11.5 Å². The Balaban J connectivity index is 2.30. The van der Waals surface area contributed by atoms with Crippen molar-refractivity contribution in [1.29, 1.82) is 0 Å². The first-order chi connectivity index (χ1) is 7.35. The van der Waals surface area contributed by atoms with Crippen LogP contribution in [0.2, 0.25) is 0 Å². The van der Waals surface area contributed by atoms with Gasteiger partial charge < -0.3 is 9.47 Å². The average Bonchev–Trinajstić information content (AvgIpc) is 2.29. The summed E-state index contributed by atoms with van der Waals surface area (Å²) in [5.74, 6) is 2.54. The Morgan fingerprint density at radius 2 is 2.40 bits per heavy atom. The van der Waals surface area contributed by atoms with Gasteiger partial charge in [0.1, 0.15) is 11.5 Å². The normalized spacial score (nSPS) is 19.2. The van der Waals surface area contributed by atoms with E-state index in [-0.39, 0.29) is 0 Å². The summed E-state index contributed by atoms with van der Waals surface area (Å²) >= 11 is 3.50. The molecule has 3 heteroatoms. The minimum Gasteiger partial charge on any atom is -0.497 e. The van der Waals surface area contributed by atoms with Gasteiger partial charge in [0, 0.05) is 10.9 Å². The molecule has 2 rings (SSSR count). The number of halogens is 1. The molecule has 0 spiro atoms. The lowest BCUT2D eigenvalue weighted by molar-refractivity contribution is 0.264. The number of hydrogen-bond acceptors (Lipinski definition) is 2. The lowest BCUT2D eigenvalue weighted by Gasteiger charge is -2.25. The third-order valence-electron chi connectivity index (χ3n) is 2.84. The number of hydrogen-bond donors (Lipinski definition) is 0. The molecule has 0 aromatic heterocycles. The van der Waals surface area contributed by atoms with Crippen molar-refractivity contribution in [1.82, 2.24) is 0 Å². The van der Waals surface area contributed by atoms with E-state index in [0.717, 1.165) is 36.3 Å². The fourth-order valence-corrected chi connectivity index (χ4v) is 2.55. The van der Waals surface area contributed by atoms with E-state index in [1.165, 1.54) is 5.56 Å². The highest BCUT2D eigenvalue weighted by Gasteiger charge is 2.21. The van der Waals surface area contributed by atoms with E-state index >= 15 is 0 Å². The van der Waals surface area contributed by atoms with Crippen molar-refractivity contribution in [3.05, 3.63) is 23.8 Å². The molecule has 0 fully saturated rings. The molecule has 0 radical (unpaired) electrons. The second kappa shape index (κ2) is 4.88. The molecule has 0 aliphatic carbocycles. The smallest absolute Gasteiger partial charge is 0.123 e. The van der Waals surface area contributed by atoms with Crippen molar-refractivity contribution >= 4 is 15.9 Å². The van der Waals surface area contributed by atoms with Crippen molar-refractivity contribution in [2.24, 2.45) is 0 Å². The Hall–Kier alpha value is -0.700. The number of alkyl halides is 1. The minimum absolute atomic E-state index is 0.600. The summed E-state index contributed by atoms with van der Waals surface area (Å²) in [4.78, 5) is 0. The van der Waals surface area contributed by atoms with Crippen LogP contribution in [0.3, 0.4) is 0 Å². The summed E-state index contributed by atoms with van der Waals surface area (Å²) < 4.78 is 10.9. The van der Waals surface area contributed by atoms with Crippen LogP contribution in [0, 0.1) is 0 Å². The molecule has 1 heterocycles. The largest absolute Gasteiger partial charge is 0.497 e. The van der Waals surface area contributed by atoms with E-state index in [4.69, 9.17) is 9.47 Å². The maximum absolute atomic E-state index is 5.63. The van der Waals surface area contributed by atoms with Gasteiger partial charge in [-0.05, 0) is 37.0 Å². The zero-order valence-corrected chi connectivity index (χ0v) is 10.4. The Bertz CT molecular complexity index is 338. The van der Waals surface area contributed by atoms with Crippen LogP contribution in [-0.2, 0) is 0 Å². The number of benzene rings is 1. The quantitative estimate of drug-likeness (QED) is 0.785. The summed E-state index contributed by atoms with van der Waals surface area (Å²) in [6.45, 7) is 0.830. The van der Waals surface area contributed by atoms with Gasteiger partial charge in [-0.1, -0.05) is 15.9 Å². The molecule has 1 aromatic rings. The molecule has 0 bridgehead atoms. The first-order valence-corrected chi connectivity index (χ1v) is 6.34. The summed E-state index contributed by atoms with van der Waals surface area (Å²) in [6.07, 6.45) is 2.26. The van der Waals surface area contributed by atoms with Gasteiger partial charge in [0.25, 0.3) is 0 Å². The molecular weight excluding hydrogens is 256 g/mol. The molecule has 0 saturated heterocycles. The lowest BCUT2D eigenvalue weighted by Crippen LogP contribution is -2.14. The van der Waals surface area contributed by atoms with Crippen LogP contribution < -0.4 is 9.47 Å². The second-order valence-corrected chi connectivity index (χ2v) is 4.51. The third kappa shape index (κ3) is 2.28. The standard InChI is InChI=1S/C12H15BrO2/c1-14-10-2-3-12-11(8-10)9(4-6-13)5-7-15-12/h2-3,8-9H,4-7H2,1H3. The molecule has 0 saturated carbocycles. The molecule has 1 aliphatic heterocycles. The van der Waals surface area contributed by atoms with Gasteiger partial charge in [-0.25, -0.2) is 0 Å². The molecular formula is C12H15BrO2. The van der Waals surface area contributed by atoms with Crippen LogP contribution in [0.1, 0.15) is 24.3 Å². The van der Waals surface area contributed by atoms with Crippen LogP contribution in [0.4, 0.5) is 0 Å². The molecule has 82 valence electrons. The summed E-state index contributed by atoms with van der Waals surface area (Å²) in [5, 5.41) is 1.04. The first kappa shape index (κ1) is 10.8. The average molecular weight is 271 g/mol. The van der Waals surface area contributed by atoms with Gasteiger partial charge in [-0.2, -0.15) is 0 Å². The number of fused-ring (bicyclic) bond motifs is 1. The molecule has 1 aromatic carbocycles. The van der Waals surface area contributed by atoms with Crippen molar-refractivity contribution in [2.75, 3.05) is 19.0 Å². The Morgan fingerprint density at radius 3 is 3.13 bits per heavy atom. The molecule has 0 N–H and O–H groups in total. The third-order valence-corrected chi connectivity index (χ3v) is 3.30. The van der Waals surface area contributed by atoms with E-state index in [9.17, 15) is 0 Å². The number of rotatable bonds is 3. The van der Waals surface area contributed by atoms with Gasteiger partial charge in [0.05, 0.1) is 13.7 Å². The van der Waals surface area contributed by atoms with E-state index in [2.05, 4.69) is 22.0 Å². The maximum Gasteiger partial charge on any atom is 0.123 e. The topological polar surface area (TPSA) is 18.5 Å². The SMILES string of the molecule is COc1ccc2c(c1)C(CCBr)CCO2. The molecule has 1 unspecified atom stereocenters. The summed E-state index contributed by atoms with van der Waals surface area (Å²) in [5.41, 5.74) is 1.29. The summed E-state index contributed by atoms with van der Waals surface area (Å²) in [7, 11) is 1.70. The predicted octanol–water partition coefficient (Wildman–Crippen LogP) is 3.35. The maximum atomic E-state index is 5.63. The zero-order valence-electron chi connectivity index (χ0n) is 8.83. The molecule has 1 aliphatic rings. The van der Waals surface area contributed by atoms with E-state index in [1.54, 1.807) is 7.11 Å². The van der Waals surface area contributed by atoms with Gasteiger partial charge in [-0.15, -0.1) is 0 Å². The zero-order chi connectivity index (χ0) is 10.7. The highest BCUT2D eigenvalue weighted by atomic mass is 79.9. The minimum atomic E-state index is 0.600. The van der Waals surface area contributed by atoms with Crippen molar-refractivity contribution in [3.63, 3.8) is 0 Å². The number of methoxy groups -OCH3 is 1. The van der Waals surface area contributed by atoms with Crippen molar-refractivity contribution in [2.45, 2.75) is 18.8 Å². The highest BCUT2D eigenvalue weighted by Crippen LogP contribution is 2.38. The fraction of sp³-hybridized carbons (Fsp3) is 0.500. The number of ether oxygens (including phenoxy) is 2.